The van der Waals surface area contributed by atoms with Crippen LogP contribution in [0.1, 0.15) is 24.3 Å². The number of halogens is 2. The van der Waals surface area contributed by atoms with E-state index in [0.29, 0.717) is 10.6 Å². The number of nitrogens with one attached hydrogen (secondary N) is 1. The summed E-state index contributed by atoms with van der Waals surface area (Å²) in [4.78, 5) is 6.58. The molecular weight excluding hydrogens is 265 g/mol. The number of hydrogen-bond donors (Lipinski definition) is 1. The minimum Gasteiger partial charge on any atom is -0.353 e. The molecule has 1 aromatic carbocycles. The van der Waals surface area contributed by atoms with Crippen molar-refractivity contribution in [2.24, 2.45) is 4.99 Å². The molecule has 1 N–H and O–H groups in total. The predicted octanol–water partition coefficient (Wildman–Crippen LogP) is 2.62. The average Bonchev–Trinajstić information content (AvgIpc) is 3.11. The number of nitrogens with zero attached hydrogens (tertiary/aromatic N) is 2. The molecule has 19 heavy (non-hydrogen) atoms. The molecule has 0 bridgehead atoms. The maximum Gasteiger partial charge on any atom is 0.193 e. The Bertz CT molecular complexity index is 497. The second kappa shape index (κ2) is 5.00. The maximum atomic E-state index is 13.8. The number of hydrogen-bond acceptors (Lipinski definition) is 3. The van der Waals surface area contributed by atoms with Gasteiger partial charge in [0, 0.05) is 42.7 Å². The van der Waals surface area contributed by atoms with E-state index in [1.54, 1.807) is 12.1 Å². The first-order chi connectivity index (χ1) is 9.16. The quantitative estimate of drug-likeness (QED) is 0.902. The normalized spacial score (nSPS) is 26.1. The number of guanidine groups is 1. The first kappa shape index (κ1) is 12.7. The summed E-state index contributed by atoms with van der Waals surface area (Å²) in [5.74, 6) is 0.874. The van der Waals surface area contributed by atoms with E-state index in [-0.39, 0.29) is 17.8 Å². The minimum absolute atomic E-state index is 0.159. The van der Waals surface area contributed by atoms with Crippen molar-refractivity contribution in [2.45, 2.75) is 24.8 Å². The van der Waals surface area contributed by atoms with Crippen LogP contribution in [0.25, 0.3) is 0 Å². The average molecular weight is 282 g/mol. The highest BCUT2D eigenvalue weighted by Gasteiger charge is 2.42. The fourth-order valence-corrected chi connectivity index (χ4v) is 2.88. The summed E-state index contributed by atoms with van der Waals surface area (Å²) in [6.45, 7) is 1.88. The molecule has 102 valence electrons. The van der Waals surface area contributed by atoms with Crippen LogP contribution >= 0.6 is 11.6 Å². The second-order valence-corrected chi connectivity index (χ2v) is 5.62. The maximum absolute atomic E-state index is 13.8. The van der Waals surface area contributed by atoms with Crippen molar-refractivity contribution in [3.63, 3.8) is 0 Å². The van der Waals surface area contributed by atoms with Gasteiger partial charge >= 0.3 is 0 Å². The van der Waals surface area contributed by atoms with E-state index in [2.05, 4.69) is 15.2 Å². The van der Waals surface area contributed by atoms with Crippen LogP contribution in [-0.4, -0.2) is 37.0 Å². The van der Waals surface area contributed by atoms with E-state index >= 15 is 0 Å². The third-order valence-electron chi connectivity index (χ3n) is 3.75. The van der Waals surface area contributed by atoms with Gasteiger partial charge in [0.15, 0.2) is 5.96 Å². The number of aliphatic imine (C=N–C) groups is 1. The molecule has 0 amide bonds. The Morgan fingerprint density at radius 3 is 3.05 bits per heavy atom. The van der Waals surface area contributed by atoms with Crippen molar-refractivity contribution in [1.82, 2.24) is 10.2 Å². The highest BCUT2D eigenvalue weighted by Crippen LogP contribution is 2.44. The summed E-state index contributed by atoms with van der Waals surface area (Å²) in [7, 11) is 2.03. The lowest BCUT2D eigenvalue weighted by molar-refractivity contribution is 0.445. The standard InChI is InChI=1S/C14H17ClFN3/c1-19-7-3-6-17-14(19)18-12-8-9(12)13-10(15)4-2-5-11(13)16/h2,4-5,9,12H,3,6-8H2,1H3,(H,17,18)/t9-,12-/m1/s1. The van der Waals surface area contributed by atoms with Gasteiger partial charge in [0.25, 0.3) is 0 Å². The monoisotopic (exact) mass is 281 g/mol. The predicted molar refractivity (Wildman–Crippen MR) is 75.2 cm³/mol. The molecule has 1 heterocycles. The summed E-state index contributed by atoms with van der Waals surface area (Å²) < 4.78 is 13.8. The highest BCUT2D eigenvalue weighted by molar-refractivity contribution is 6.31. The van der Waals surface area contributed by atoms with E-state index in [9.17, 15) is 4.39 Å². The Labute approximate surface area is 117 Å². The Balaban J connectivity index is 1.70. The van der Waals surface area contributed by atoms with Gasteiger partial charge in [0.2, 0.25) is 0 Å². The van der Waals surface area contributed by atoms with Crippen LogP contribution in [0.4, 0.5) is 4.39 Å². The van der Waals surface area contributed by atoms with Gasteiger partial charge in [-0.25, -0.2) is 4.39 Å². The van der Waals surface area contributed by atoms with Crippen LogP contribution in [0, 0.1) is 5.82 Å². The van der Waals surface area contributed by atoms with Crippen molar-refractivity contribution in [3.05, 3.63) is 34.6 Å². The largest absolute Gasteiger partial charge is 0.353 e. The fourth-order valence-electron chi connectivity index (χ4n) is 2.58. The Morgan fingerprint density at radius 2 is 2.32 bits per heavy atom. The molecule has 1 aliphatic heterocycles. The Kier molecular flexibility index (Phi) is 3.35. The molecule has 0 saturated heterocycles. The summed E-state index contributed by atoms with van der Waals surface area (Å²) in [6, 6.07) is 5.11. The molecule has 2 atom stereocenters. The molecule has 1 saturated carbocycles. The van der Waals surface area contributed by atoms with Gasteiger partial charge in [-0.2, -0.15) is 0 Å². The third-order valence-corrected chi connectivity index (χ3v) is 4.08. The van der Waals surface area contributed by atoms with Crippen molar-refractivity contribution in [3.8, 4) is 0 Å². The number of benzene rings is 1. The Morgan fingerprint density at radius 1 is 1.47 bits per heavy atom. The second-order valence-electron chi connectivity index (χ2n) is 5.21. The van der Waals surface area contributed by atoms with Crippen molar-refractivity contribution < 1.29 is 4.39 Å². The van der Waals surface area contributed by atoms with Crippen LogP contribution < -0.4 is 5.32 Å². The van der Waals surface area contributed by atoms with Crippen molar-refractivity contribution in [2.75, 3.05) is 20.1 Å². The Hall–Kier alpha value is -1.29. The first-order valence-electron chi connectivity index (χ1n) is 6.63. The van der Waals surface area contributed by atoms with Gasteiger partial charge in [-0.15, -0.1) is 0 Å². The van der Waals surface area contributed by atoms with Crippen molar-refractivity contribution in [1.29, 1.82) is 0 Å². The first-order valence-corrected chi connectivity index (χ1v) is 7.00. The van der Waals surface area contributed by atoms with E-state index in [0.717, 1.165) is 31.9 Å². The van der Waals surface area contributed by atoms with E-state index in [1.807, 2.05) is 7.05 Å². The summed E-state index contributed by atoms with van der Waals surface area (Å²) in [5.41, 5.74) is 0.640. The summed E-state index contributed by atoms with van der Waals surface area (Å²) in [6.07, 6.45) is 2.00. The molecule has 1 fully saturated rings. The van der Waals surface area contributed by atoms with Crippen LogP contribution in [0.3, 0.4) is 0 Å². The molecule has 1 aliphatic carbocycles. The zero-order chi connectivity index (χ0) is 13.4. The fraction of sp³-hybridized carbons (Fsp3) is 0.500. The zero-order valence-corrected chi connectivity index (χ0v) is 11.6. The van der Waals surface area contributed by atoms with E-state index < -0.39 is 0 Å². The molecule has 3 nitrogen and oxygen atoms in total. The molecule has 0 spiro atoms. The van der Waals surface area contributed by atoms with E-state index in [1.165, 1.54) is 6.07 Å². The zero-order valence-electron chi connectivity index (χ0n) is 10.9. The summed E-state index contributed by atoms with van der Waals surface area (Å²) >= 11 is 6.09. The number of rotatable bonds is 2. The van der Waals surface area contributed by atoms with Crippen LogP contribution in [0.15, 0.2) is 23.2 Å². The molecule has 5 heteroatoms. The smallest absolute Gasteiger partial charge is 0.193 e. The lowest BCUT2D eigenvalue weighted by Crippen LogP contribution is -2.43. The lowest BCUT2D eigenvalue weighted by Gasteiger charge is -2.25. The van der Waals surface area contributed by atoms with Crippen LogP contribution in [0.5, 0.6) is 0 Å². The third kappa shape index (κ3) is 2.54. The molecule has 0 aromatic heterocycles. The van der Waals surface area contributed by atoms with Gasteiger partial charge < -0.3 is 10.2 Å². The van der Waals surface area contributed by atoms with Gasteiger partial charge in [0.05, 0.1) is 0 Å². The molecular formula is C14H17ClFN3. The molecule has 2 aliphatic rings. The summed E-state index contributed by atoms with van der Waals surface area (Å²) in [5, 5.41) is 3.92. The van der Waals surface area contributed by atoms with Crippen molar-refractivity contribution >= 4 is 17.6 Å². The highest BCUT2D eigenvalue weighted by atomic mass is 35.5. The van der Waals surface area contributed by atoms with Gasteiger partial charge in [-0.05, 0) is 25.0 Å². The lowest BCUT2D eigenvalue weighted by atomic mass is 10.1. The molecule has 0 unspecified atom stereocenters. The van der Waals surface area contributed by atoms with Crippen LogP contribution in [0.2, 0.25) is 5.02 Å². The minimum atomic E-state index is -0.208. The van der Waals surface area contributed by atoms with Crippen LogP contribution in [-0.2, 0) is 0 Å². The topological polar surface area (TPSA) is 27.6 Å². The molecule has 1 aromatic rings. The van der Waals surface area contributed by atoms with Gasteiger partial charge in [0.1, 0.15) is 5.82 Å². The van der Waals surface area contributed by atoms with Gasteiger partial charge in [-0.3, -0.25) is 4.99 Å². The van der Waals surface area contributed by atoms with Gasteiger partial charge in [-0.1, -0.05) is 17.7 Å². The molecule has 0 radical (unpaired) electrons. The SMILES string of the molecule is CN1CCCN=C1N[C@@H]1C[C@H]1c1c(F)cccc1Cl. The molecule has 3 rings (SSSR count). The van der Waals surface area contributed by atoms with E-state index in [4.69, 9.17) is 11.6 Å².